The molecule has 1 heterocycles. The van der Waals surface area contributed by atoms with E-state index < -0.39 is 5.60 Å². The zero-order valence-corrected chi connectivity index (χ0v) is 14.5. The van der Waals surface area contributed by atoms with E-state index in [4.69, 9.17) is 4.74 Å². The van der Waals surface area contributed by atoms with Crippen LogP contribution in [-0.2, 0) is 21.6 Å². The number of piperidine rings is 1. The van der Waals surface area contributed by atoms with Gasteiger partial charge in [0.25, 0.3) is 0 Å². The summed E-state index contributed by atoms with van der Waals surface area (Å²) in [4.78, 5) is 12.5. The molecule has 120 valence electrons. The van der Waals surface area contributed by atoms with Crippen LogP contribution in [0.1, 0.15) is 24.0 Å². The molecule has 1 N–H and O–H groups in total. The maximum absolute atomic E-state index is 12.5. The first-order valence-electron chi connectivity index (χ1n) is 7.91. The van der Waals surface area contributed by atoms with Gasteiger partial charge in [-0.2, -0.15) is 0 Å². The van der Waals surface area contributed by atoms with Crippen molar-refractivity contribution in [3.05, 3.63) is 70.2 Å². The Bertz CT molecular complexity index is 666. The molecule has 0 atom stereocenters. The maximum atomic E-state index is 12.5. The van der Waals surface area contributed by atoms with Crippen molar-refractivity contribution >= 4 is 21.9 Å². The maximum Gasteiger partial charge on any atom is 0.311 e. The van der Waals surface area contributed by atoms with Crippen LogP contribution >= 0.6 is 15.9 Å². The van der Waals surface area contributed by atoms with Gasteiger partial charge in [-0.1, -0.05) is 64.5 Å². The second-order valence-electron chi connectivity index (χ2n) is 5.85. The van der Waals surface area contributed by atoms with Gasteiger partial charge in [0.05, 0.1) is 6.42 Å². The van der Waals surface area contributed by atoms with E-state index in [9.17, 15) is 4.79 Å². The molecule has 3 nitrogen and oxygen atoms in total. The van der Waals surface area contributed by atoms with E-state index >= 15 is 0 Å². The highest BCUT2D eigenvalue weighted by Gasteiger charge is 2.37. The summed E-state index contributed by atoms with van der Waals surface area (Å²) in [5.41, 5.74) is 1.53. The summed E-state index contributed by atoms with van der Waals surface area (Å²) in [6.07, 6.45) is 1.89. The van der Waals surface area contributed by atoms with Gasteiger partial charge in [0.15, 0.2) is 0 Å². The molecule has 0 amide bonds. The van der Waals surface area contributed by atoms with E-state index in [2.05, 4.69) is 33.4 Å². The number of nitrogens with one attached hydrogen (secondary N) is 1. The number of ether oxygens (including phenoxy) is 1. The minimum Gasteiger partial charge on any atom is -0.454 e. The third-order valence-corrected chi connectivity index (χ3v) is 5.09. The quantitative estimate of drug-likeness (QED) is 0.828. The Morgan fingerprint density at radius 3 is 2.39 bits per heavy atom. The molecular formula is C19H20BrNO2. The molecule has 1 fully saturated rings. The summed E-state index contributed by atoms with van der Waals surface area (Å²) < 4.78 is 6.96. The summed E-state index contributed by atoms with van der Waals surface area (Å²) in [5, 5.41) is 3.34. The Hall–Kier alpha value is -1.65. The fourth-order valence-corrected chi connectivity index (χ4v) is 3.50. The van der Waals surface area contributed by atoms with Crippen LogP contribution in [0.5, 0.6) is 0 Å². The molecule has 23 heavy (non-hydrogen) atoms. The fraction of sp³-hybridized carbons (Fsp3) is 0.316. The highest BCUT2D eigenvalue weighted by atomic mass is 79.9. The number of rotatable bonds is 4. The molecule has 0 unspecified atom stereocenters. The summed E-state index contributed by atoms with van der Waals surface area (Å²) >= 11 is 3.49. The molecule has 3 rings (SSSR count). The van der Waals surface area contributed by atoms with Crippen molar-refractivity contribution in [3.8, 4) is 0 Å². The molecule has 0 spiro atoms. The van der Waals surface area contributed by atoms with E-state index in [1.54, 1.807) is 0 Å². The van der Waals surface area contributed by atoms with E-state index in [0.717, 1.165) is 41.5 Å². The number of hydrogen-bond donors (Lipinski definition) is 1. The lowest BCUT2D eigenvalue weighted by atomic mass is 9.84. The zero-order valence-electron chi connectivity index (χ0n) is 12.9. The second kappa shape index (κ2) is 7.28. The van der Waals surface area contributed by atoms with Gasteiger partial charge in [0.1, 0.15) is 5.60 Å². The van der Waals surface area contributed by atoms with Crippen LogP contribution in [0.25, 0.3) is 0 Å². The van der Waals surface area contributed by atoms with Crippen molar-refractivity contribution in [1.29, 1.82) is 0 Å². The molecule has 4 heteroatoms. The molecule has 0 aromatic heterocycles. The number of halogens is 1. The van der Waals surface area contributed by atoms with Gasteiger partial charge >= 0.3 is 5.97 Å². The van der Waals surface area contributed by atoms with Crippen LogP contribution < -0.4 is 5.32 Å². The van der Waals surface area contributed by atoms with Crippen LogP contribution in [0.2, 0.25) is 0 Å². The zero-order chi connectivity index (χ0) is 16.1. The lowest BCUT2D eigenvalue weighted by molar-refractivity contribution is -0.163. The molecule has 0 aliphatic carbocycles. The Balaban J connectivity index is 1.79. The van der Waals surface area contributed by atoms with Gasteiger partial charge in [0.2, 0.25) is 0 Å². The third kappa shape index (κ3) is 3.82. The van der Waals surface area contributed by atoms with Crippen LogP contribution in [-0.4, -0.2) is 19.1 Å². The standard InChI is InChI=1S/C19H20BrNO2/c20-17-9-5-4-6-15(17)14-18(22)23-19(10-12-21-13-11-19)16-7-2-1-3-8-16/h1-9,21H,10-14H2. The van der Waals surface area contributed by atoms with Crippen LogP contribution in [0.4, 0.5) is 0 Å². The number of carbonyl (C=O) groups excluding carboxylic acids is 1. The van der Waals surface area contributed by atoms with Crippen LogP contribution in [0.15, 0.2) is 59.1 Å². The Labute approximate surface area is 145 Å². The molecule has 2 aromatic carbocycles. The number of hydrogen-bond acceptors (Lipinski definition) is 3. The van der Waals surface area contributed by atoms with Crippen molar-refractivity contribution in [1.82, 2.24) is 5.32 Å². The largest absolute Gasteiger partial charge is 0.454 e. The highest BCUT2D eigenvalue weighted by Crippen LogP contribution is 2.35. The first-order chi connectivity index (χ1) is 11.2. The summed E-state index contributed by atoms with van der Waals surface area (Å²) in [6.45, 7) is 1.72. The second-order valence-corrected chi connectivity index (χ2v) is 6.71. The molecule has 1 aliphatic heterocycles. The summed E-state index contributed by atoms with van der Waals surface area (Å²) in [6, 6.07) is 17.9. The van der Waals surface area contributed by atoms with Gasteiger partial charge in [-0.3, -0.25) is 4.79 Å². The average molecular weight is 374 g/mol. The van der Waals surface area contributed by atoms with Crippen molar-refractivity contribution in [2.75, 3.05) is 13.1 Å². The highest BCUT2D eigenvalue weighted by molar-refractivity contribution is 9.10. The lowest BCUT2D eigenvalue weighted by Crippen LogP contribution is -2.43. The smallest absolute Gasteiger partial charge is 0.311 e. The first kappa shape index (κ1) is 16.2. The average Bonchev–Trinajstić information content (AvgIpc) is 2.58. The van der Waals surface area contributed by atoms with E-state index in [-0.39, 0.29) is 12.4 Å². The third-order valence-electron chi connectivity index (χ3n) is 4.31. The lowest BCUT2D eigenvalue weighted by Gasteiger charge is -2.37. The topological polar surface area (TPSA) is 38.3 Å². The molecule has 1 saturated heterocycles. The summed E-state index contributed by atoms with van der Waals surface area (Å²) in [7, 11) is 0. The monoisotopic (exact) mass is 373 g/mol. The molecule has 1 aliphatic rings. The minimum atomic E-state index is -0.509. The Kier molecular flexibility index (Phi) is 5.13. The van der Waals surface area contributed by atoms with Crippen LogP contribution in [0, 0.1) is 0 Å². The van der Waals surface area contributed by atoms with Gasteiger partial charge in [-0.05, 0) is 30.3 Å². The van der Waals surface area contributed by atoms with E-state index in [1.807, 2.05) is 42.5 Å². The van der Waals surface area contributed by atoms with Gasteiger partial charge in [-0.15, -0.1) is 0 Å². The van der Waals surface area contributed by atoms with E-state index in [0.29, 0.717) is 0 Å². The summed E-state index contributed by atoms with van der Waals surface area (Å²) in [5.74, 6) is -0.178. The number of esters is 1. The fourth-order valence-electron chi connectivity index (χ4n) is 3.07. The normalized spacial score (nSPS) is 16.7. The van der Waals surface area contributed by atoms with Crippen LogP contribution in [0.3, 0.4) is 0 Å². The van der Waals surface area contributed by atoms with E-state index in [1.165, 1.54) is 0 Å². The predicted molar refractivity (Wildman–Crippen MR) is 94.2 cm³/mol. The van der Waals surface area contributed by atoms with Crippen molar-refractivity contribution in [2.24, 2.45) is 0 Å². The molecule has 0 bridgehead atoms. The number of benzene rings is 2. The number of carbonyl (C=O) groups is 1. The SMILES string of the molecule is O=C(Cc1ccccc1Br)OC1(c2ccccc2)CCNCC1. The Morgan fingerprint density at radius 2 is 1.70 bits per heavy atom. The van der Waals surface area contributed by atoms with Gasteiger partial charge in [0, 0.05) is 17.3 Å². The molecule has 2 aromatic rings. The molecule has 0 radical (unpaired) electrons. The Morgan fingerprint density at radius 1 is 1.04 bits per heavy atom. The van der Waals surface area contributed by atoms with Crippen molar-refractivity contribution < 1.29 is 9.53 Å². The van der Waals surface area contributed by atoms with Crippen molar-refractivity contribution in [2.45, 2.75) is 24.9 Å². The van der Waals surface area contributed by atoms with Gasteiger partial charge in [-0.25, -0.2) is 0 Å². The molecular weight excluding hydrogens is 354 g/mol. The predicted octanol–water partition coefficient (Wildman–Crippen LogP) is 3.81. The first-order valence-corrected chi connectivity index (χ1v) is 8.70. The van der Waals surface area contributed by atoms with Crippen molar-refractivity contribution in [3.63, 3.8) is 0 Å². The minimum absolute atomic E-state index is 0.178. The molecule has 0 saturated carbocycles. The van der Waals surface area contributed by atoms with Gasteiger partial charge < -0.3 is 10.1 Å².